The molecular weight excluding hydrogens is 384 g/mol. The number of ether oxygens (including phenoxy) is 2. The summed E-state index contributed by atoms with van der Waals surface area (Å²) in [5.41, 5.74) is 1.30. The molecule has 8 heteroatoms. The highest BCUT2D eigenvalue weighted by Crippen LogP contribution is 2.29. The summed E-state index contributed by atoms with van der Waals surface area (Å²) in [6.07, 6.45) is -2.34. The highest BCUT2D eigenvalue weighted by Gasteiger charge is 2.31. The van der Waals surface area contributed by atoms with Crippen molar-refractivity contribution in [3.05, 3.63) is 59.1 Å². The van der Waals surface area contributed by atoms with E-state index in [0.717, 1.165) is 5.56 Å². The maximum Gasteiger partial charge on any atom is 0.310 e. The van der Waals surface area contributed by atoms with Gasteiger partial charge in [0, 0.05) is 11.6 Å². The first-order valence-corrected chi connectivity index (χ1v) is 9.09. The summed E-state index contributed by atoms with van der Waals surface area (Å²) in [6, 6.07) is 14.0. The summed E-state index contributed by atoms with van der Waals surface area (Å²) < 4.78 is 10.7. The molecule has 0 radical (unpaired) electrons. The third-order valence-electron chi connectivity index (χ3n) is 4.15. The normalized spacial score (nSPS) is 16.2. The van der Waals surface area contributed by atoms with E-state index in [1.807, 2.05) is 6.07 Å². The lowest BCUT2D eigenvalue weighted by Crippen LogP contribution is -2.40. The molecule has 2 N–H and O–H groups in total. The van der Waals surface area contributed by atoms with Crippen LogP contribution in [0.15, 0.2) is 48.5 Å². The van der Waals surface area contributed by atoms with Gasteiger partial charge in [0.2, 0.25) is 0 Å². The van der Waals surface area contributed by atoms with Gasteiger partial charge in [0.25, 0.3) is 11.8 Å². The Morgan fingerprint density at radius 1 is 1.21 bits per heavy atom. The number of fused-ring (bicyclic) bond motifs is 1. The van der Waals surface area contributed by atoms with Crippen molar-refractivity contribution < 1.29 is 23.9 Å². The molecule has 2 aromatic rings. The number of para-hydroxylation sites is 2. The number of carbonyl (C=O) groups excluding carboxylic acids is 3. The number of anilines is 1. The van der Waals surface area contributed by atoms with Crippen molar-refractivity contribution in [1.82, 2.24) is 5.32 Å². The van der Waals surface area contributed by atoms with Gasteiger partial charge in [0.1, 0.15) is 5.75 Å². The average Bonchev–Trinajstić information content (AvgIpc) is 2.67. The lowest BCUT2D eigenvalue weighted by molar-refractivity contribution is -0.157. The fourth-order valence-electron chi connectivity index (χ4n) is 2.65. The van der Waals surface area contributed by atoms with Crippen LogP contribution in [0.1, 0.15) is 18.9 Å². The van der Waals surface area contributed by atoms with Crippen LogP contribution in [0.4, 0.5) is 5.69 Å². The van der Waals surface area contributed by atoms with Crippen molar-refractivity contribution in [2.75, 3.05) is 5.32 Å². The summed E-state index contributed by atoms with van der Waals surface area (Å²) >= 11 is 6.04. The molecular formula is C20H19ClN2O5. The Hall–Kier alpha value is -3.06. The third-order valence-corrected chi connectivity index (χ3v) is 4.52. The van der Waals surface area contributed by atoms with E-state index in [1.165, 1.54) is 6.92 Å². The topological polar surface area (TPSA) is 93.7 Å². The molecule has 1 aliphatic rings. The molecule has 3 rings (SSSR count). The van der Waals surface area contributed by atoms with E-state index in [-0.39, 0.29) is 13.0 Å². The molecule has 0 bridgehead atoms. The number of amides is 2. The van der Waals surface area contributed by atoms with Crippen LogP contribution in [0.5, 0.6) is 5.75 Å². The van der Waals surface area contributed by atoms with Crippen LogP contribution in [-0.4, -0.2) is 30.0 Å². The molecule has 0 saturated carbocycles. The van der Waals surface area contributed by atoms with Crippen molar-refractivity contribution in [2.45, 2.75) is 32.1 Å². The van der Waals surface area contributed by atoms with Gasteiger partial charge in [-0.25, -0.2) is 0 Å². The van der Waals surface area contributed by atoms with Crippen LogP contribution in [-0.2, 0) is 25.7 Å². The second-order valence-corrected chi connectivity index (χ2v) is 6.64. The number of nitrogens with one attached hydrogen (secondary N) is 2. The van der Waals surface area contributed by atoms with E-state index in [1.54, 1.807) is 42.5 Å². The average molecular weight is 403 g/mol. The smallest absolute Gasteiger partial charge is 0.310 e. The molecule has 2 aromatic carbocycles. The van der Waals surface area contributed by atoms with Gasteiger partial charge in [-0.3, -0.25) is 14.4 Å². The summed E-state index contributed by atoms with van der Waals surface area (Å²) in [5, 5.41) is 5.87. The molecule has 0 aromatic heterocycles. The maximum absolute atomic E-state index is 12.1. The van der Waals surface area contributed by atoms with Gasteiger partial charge in [-0.15, -0.1) is 0 Å². The Bertz CT molecular complexity index is 902. The van der Waals surface area contributed by atoms with E-state index < -0.39 is 30.0 Å². The lowest BCUT2D eigenvalue weighted by atomic mass is 10.1. The SMILES string of the molecule is C[C@H](OC(=O)C[C@H]1Oc2ccccc2NC1=O)C(=O)NCc1ccccc1Cl. The molecule has 0 fully saturated rings. The van der Waals surface area contributed by atoms with E-state index in [2.05, 4.69) is 10.6 Å². The predicted octanol–water partition coefficient (Wildman–Crippen LogP) is 2.68. The molecule has 2 amide bonds. The van der Waals surface area contributed by atoms with E-state index in [0.29, 0.717) is 16.5 Å². The number of carbonyl (C=O) groups is 3. The number of halogens is 1. The Balaban J connectivity index is 1.49. The molecule has 146 valence electrons. The zero-order chi connectivity index (χ0) is 20.1. The number of rotatable bonds is 6. The van der Waals surface area contributed by atoms with Crippen molar-refractivity contribution >= 4 is 35.1 Å². The van der Waals surface area contributed by atoms with Crippen LogP contribution in [0.25, 0.3) is 0 Å². The summed E-state index contributed by atoms with van der Waals surface area (Å²) in [5.74, 6) is -1.13. The first kappa shape index (κ1) is 19.7. The van der Waals surface area contributed by atoms with Gasteiger partial charge >= 0.3 is 5.97 Å². The number of hydrogen-bond acceptors (Lipinski definition) is 5. The maximum atomic E-state index is 12.1. The largest absolute Gasteiger partial charge is 0.478 e. The quantitative estimate of drug-likeness (QED) is 0.724. The standard InChI is InChI=1S/C20H19ClN2O5/c1-12(19(25)22-11-13-6-2-3-7-14(13)21)27-18(24)10-17-20(26)23-15-8-4-5-9-16(15)28-17/h2-9,12,17H,10-11H2,1H3,(H,22,25)(H,23,26)/t12-,17+/m0/s1. The van der Waals surface area contributed by atoms with Crippen molar-refractivity contribution in [1.29, 1.82) is 0 Å². The van der Waals surface area contributed by atoms with Crippen molar-refractivity contribution in [3.63, 3.8) is 0 Å². The van der Waals surface area contributed by atoms with Crippen molar-refractivity contribution in [3.8, 4) is 5.75 Å². The molecule has 0 saturated heterocycles. The minimum Gasteiger partial charge on any atom is -0.478 e. The van der Waals surface area contributed by atoms with Gasteiger partial charge in [0.15, 0.2) is 12.2 Å². The second kappa shape index (κ2) is 8.75. The van der Waals surface area contributed by atoms with Gasteiger partial charge in [-0.2, -0.15) is 0 Å². The van der Waals surface area contributed by atoms with E-state index in [9.17, 15) is 14.4 Å². The van der Waals surface area contributed by atoms with Gasteiger partial charge < -0.3 is 20.1 Å². The Labute approximate surface area is 167 Å². The zero-order valence-electron chi connectivity index (χ0n) is 15.1. The first-order valence-electron chi connectivity index (χ1n) is 8.71. The highest BCUT2D eigenvalue weighted by molar-refractivity contribution is 6.31. The first-order chi connectivity index (χ1) is 13.4. The van der Waals surface area contributed by atoms with Crippen LogP contribution in [0.2, 0.25) is 5.02 Å². The van der Waals surface area contributed by atoms with Gasteiger partial charge in [0.05, 0.1) is 12.1 Å². The van der Waals surface area contributed by atoms with Crippen LogP contribution < -0.4 is 15.4 Å². The minimum absolute atomic E-state index is 0.214. The lowest BCUT2D eigenvalue weighted by Gasteiger charge is -2.25. The summed E-state index contributed by atoms with van der Waals surface area (Å²) in [6.45, 7) is 1.67. The fraction of sp³-hybridized carbons (Fsp3) is 0.250. The van der Waals surface area contributed by atoms with Gasteiger partial charge in [-0.1, -0.05) is 41.9 Å². The zero-order valence-corrected chi connectivity index (χ0v) is 15.9. The van der Waals surface area contributed by atoms with Crippen LogP contribution in [0.3, 0.4) is 0 Å². The second-order valence-electron chi connectivity index (χ2n) is 6.24. The molecule has 1 heterocycles. The van der Waals surface area contributed by atoms with Gasteiger partial charge in [-0.05, 0) is 30.7 Å². The van der Waals surface area contributed by atoms with Crippen molar-refractivity contribution in [2.24, 2.45) is 0 Å². The summed E-state index contributed by atoms with van der Waals surface area (Å²) in [4.78, 5) is 36.3. The Morgan fingerprint density at radius 2 is 1.93 bits per heavy atom. The Kier molecular flexibility index (Phi) is 6.16. The van der Waals surface area contributed by atoms with Crippen LogP contribution >= 0.6 is 11.6 Å². The molecule has 0 aliphatic carbocycles. The molecule has 0 unspecified atom stereocenters. The summed E-state index contributed by atoms with van der Waals surface area (Å²) in [7, 11) is 0. The molecule has 7 nitrogen and oxygen atoms in total. The number of hydrogen-bond donors (Lipinski definition) is 2. The fourth-order valence-corrected chi connectivity index (χ4v) is 2.85. The molecule has 1 aliphatic heterocycles. The predicted molar refractivity (Wildman–Crippen MR) is 103 cm³/mol. The van der Waals surface area contributed by atoms with Crippen LogP contribution in [0, 0.1) is 0 Å². The highest BCUT2D eigenvalue weighted by atomic mass is 35.5. The monoisotopic (exact) mass is 402 g/mol. The Morgan fingerprint density at radius 3 is 2.71 bits per heavy atom. The number of esters is 1. The molecule has 28 heavy (non-hydrogen) atoms. The van der Waals surface area contributed by atoms with E-state index >= 15 is 0 Å². The molecule has 0 spiro atoms. The number of benzene rings is 2. The van der Waals surface area contributed by atoms with E-state index in [4.69, 9.17) is 21.1 Å². The third kappa shape index (κ3) is 4.80. The minimum atomic E-state index is -1.02. The molecule has 2 atom stereocenters.